The van der Waals surface area contributed by atoms with Gasteiger partial charge in [-0.3, -0.25) is 4.79 Å². The number of carbonyl (C=O) groups is 1. The summed E-state index contributed by atoms with van der Waals surface area (Å²) in [5.41, 5.74) is 4.12. The monoisotopic (exact) mass is 527 g/mol. The third-order valence-corrected chi connectivity index (χ3v) is 6.63. The van der Waals surface area contributed by atoms with E-state index in [0.29, 0.717) is 21.5 Å². The van der Waals surface area contributed by atoms with Crippen molar-refractivity contribution >= 4 is 46.6 Å². The van der Waals surface area contributed by atoms with Gasteiger partial charge in [-0.2, -0.15) is 0 Å². The number of amides is 1. The molecule has 0 bridgehead atoms. The second kappa shape index (κ2) is 11.5. The predicted molar refractivity (Wildman–Crippen MR) is 143 cm³/mol. The molecule has 3 aromatic carbocycles. The molecular formula is C26H23Cl2N3O3S. The van der Waals surface area contributed by atoms with Crippen LogP contribution in [-0.2, 0) is 4.79 Å². The molecule has 0 saturated carbocycles. The van der Waals surface area contributed by atoms with Crippen molar-refractivity contribution in [3.63, 3.8) is 0 Å². The fourth-order valence-electron chi connectivity index (χ4n) is 3.39. The predicted octanol–water partition coefficient (Wildman–Crippen LogP) is 7.19. The van der Waals surface area contributed by atoms with Crippen molar-refractivity contribution in [1.29, 1.82) is 0 Å². The van der Waals surface area contributed by atoms with E-state index in [-0.39, 0.29) is 12.3 Å². The Bertz CT molecular complexity index is 1240. The normalized spacial score (nSPS) is 10.7. The summed E-state index contributed by atoms with van der Waals surface area (Å²) in [6.07, 6.45) is 0.282. The molecule has 0 aliphatic carbocycles. The number of H-pyrrole nitrogens is 1. The number of aromatic nitrogens is 2. The summed E-state index contributed by atoms with van der Waals surface area (Å²) < 4.78 is 10.6. The van der Waals surface area contributed by atoms with Crippen molar-refractivity contribution in [2.24, 2.45) is 0 Å². The molecule has 2 N–H and O–H groups in total. The first-order valence-corrected chi connectivity index (χ1v) is 12.5. The largest absolute Gasteiger partial charge is 0.497 e. The van der Waals surface area contributed by atoms with Gasteiger partial charge in [-0.05, 0) is 66.7 Å². The van der Waals surface area contributed by atoms with Crippen LogP contribution in [-0.4, -0.2) is 35.8 Å². The van der Waals surface area contributed by atoms with Gasteiger partial charge in [0.2, 0.25) is 5.91 Å². The number of carbonyl (C=O) groups excluding carboxylic acids is 1. The molecule has 0 aliphatic heterocycles. The number of nitrogens with zero attached hydrogens (tertiary/aromatic N) is 1. The van der Waals surface area contributed by atoms with E-state index in [4.69, 9.17) is 37.7 Å². The first-order chi connectivity index (χ1) is 17.0. The zero-order chi connectivity index (χ0) is 24.8. The van der Waals surface area contributed by atoms with Crippen molar-refractivity contribution in [3.05, 3.63) is 76.8 Å². The smallest absolute Gasteiger partial charge is 0.225 e. The molecule has 4 rings (SSSR count). The maximum absolute atomic E-state index is 12.4. The molecule has 0 aliphatic rings. The van der Waals surface area contributed by atoms with Crippen molar-refractivity contribution < 1.29 is 14.3 Å². The molecular weight excluding hydrogens is 505 g/mol. The van der Waals surface area contributed by atoms with E-state index in [1.165, 1.54) is 11.8 Å². The highest BCUT2D eigenvalue weighted by molar-refractivity contribution is 7.99. The van der Waals surface area contributed by atoms with Gasteiger partial charge in [-0.25, -0.2) is 4.98 Å². The number of benzene rings is 3. The summed E-state index contributed by atoms with van der Waals surface area (Å²) in [6.45, 7) is 0. The standard InChI is InChI=1S/C26H23Cl2N3O3S/c1-33-19-8-3-16(4-9-19)24-25(17-5-10-20(34-2)11-6-17)31-26(30-24)35-14-13-23(32)29-22-15-18(27)7-12-21(22)28/h3-12,15H,13-14H2,1-2H3,(H,29,32)(H,30,31). The lowest BCUT2D eigenvalue weighted by molar-refractivity contribution is -0.115. The Morgan fingerprint density at radius 1 is 0.943 bits per heavy atom. The topological polar surface area (TPSA) is 76.2 Å². The summed E-state index contributed by atoms with van der Waals surface area (Å²) in [7, 11) is 3.27. The number of hydrogen-bond donors (Lipinski definition) is 2. The van der Waals surface area contributed by atoms with Gasteiger partial charge in [0, 0.05) is 28.3 Å². The maximum atomic E-state index is 12.4. The van der Waals surface area contributed by atoms with Crippen LogP contribution in [0, 0.1) is 0 Å². The molecule has 0 unspecified atom stereocenters. The van der Waals surface area contributed by atoms with Crippen LogP contribution in [0.25, 0.3) is 22.5 Å². The van der Waals surface area contributed by atoms with E-state index in [1.54, 1.807) is 32.4 Å². The minimum absolute atomic E-state index is 0.154. The highest BCUT2D eigenvalue weighted by atomic mass is 35.5. The van der Waals surface area contributed by atoms with E-state index < -0.39 is 0 Å². The van der Waals surface area contributed by atoms with Crippen LogP contribution in [0.4, 0.5) is 5.69 Å². The lowest BCUT2D eigenvalue weighted by Crippen LogP contribution is -2.12. The van der Waals surface area contributed by atoms with Crippen LogP contribution in [0.2, 0.25) is 10.0 Å². The fraction of sp³-hybridized carbons (Fsp3) is 0.154. The summed E-state index contributed by atoms with van der Waals surface area (Å²) in [4.78, 5) is 20.7. The fourth-order valence-corrected chi connectivity index (χ4v) is 4.54. The Morgan fingerprint density at radius 2 is 1.57 bits per heavy atom. The average molecular weight is 528 g/mol. The Morgan fingerprint density at radius 3 is 2.20 bits per heavy atom. The van der Waals surface area contributed by atoms with E-state index in [9.17, 15) is 4.79 Å². The number of methoxy groups -OCH3 is 2. The number of imidazole rings is 1. The SMILES string of the molecule is COc1ccc(-c2nc(SCCC(=O)Nc3cc(Cl)ccc3Cl)[nH]c2-c2ccc(OC)cc2)cc1. The number of nitrogens with one attached hydrogen (secondary N) is 2. The molecule has 9 heteroatoms. The third-order valence-electron chi connectivity index (χ3n) is 5.19. The molecule has 6 nitrogen and oxygen atoms in total. The van der Waals surface area contributed by atoms with Crippen molar-refractivity contribution in [2.45, 2.75) is 11.6 Å². The van der Waals surface area contributed by atoms with E-state index in [0.717, 1.165) is 39.2 Å². The first kappa shape index (κ1) is 25.0. The van der Waals surface area contributed by atoms with Crippen molar-refractivity contribution in [2.75, 3.05) is 25.3 Å². The molecule has 0 saturated heterocycles. The minimum Gasteiger partial charge on any atom is -0.497 e. The Hall–Kier alpha value is -3.13. The summed E-state index contributed by atoms with van der Waals surface area (Å²) in [5.74, 6) is 1.93. The summed E-state index contributed by atoms with van der Waals surface area (Å²) in [5, 5.41) is 4.47. The van der Waals surface area contributed by atoms with Gasteiger partial charge in [0.05, 0.1) is 36.3 Å². The van der Waals surface area contributed by atoms with Gasteiger partial charge in [0.1, 0.15) is 11.5 Å². The van der Waals surface area contributed by atoms with Crippen molar-refractivity contribution in [3.8, 4) is 34.0 Å². The average Bonchev–Trinajstić information content (AvgIpc) is 3.30. The molecule has 1 aromatic heterocycles. The van der Waals surface area contributed by atoms with Gasteiger partial charge in [0.15, 0.2) is 5.16 Å². The quantitative estimate of drug-likeness (QED) is 0.225. The highest BCUT2D eigenvalue weighted by Gasteiger charge is 2.16. The number of halogens is 2. The van der Waals surface area contributed by atoms with E-state index in [2.05, 4.69) is 10.3 Å². The van der Waals surface area contributed by atoms with Gasteiger partial charge in [-0.15, -0.1) is 0 Å². The van der Waals surface area contributed by atoms with Gasteiger partial charge < -0.3 is 19.8 Å². The number of anilines is 1. The van der Waals surface area contributed by atoms with Gasteiger partial charge >= 0.3 is 0 Å². The van der Waals surface area contributed by atoms with Gasteiger partial charge in [0.25, 0.3) is 0 Å². The lowest BCUT2D eigenvalue weighted by atomic mass is 10.0. The van der Waals surface area contributed by atoms with Crippen LogP contribution < -0.4 is 14.8 Å². The third kappa shape index (κ3) is 6.31. The highest BCUT2D eigenvalue weighted by Crippen LogP contribution is 2.34. The van der Waals surface area contributed by atoms with Crippen LogP contribution in [0.5, 0.6) is 11.5 Å². The molecule has 180 valence electrons. The molecule has 1 heterocycles. The number of ether oxygens (including phenoxy) is 2. The van der Waals surface area contributed by atoms with Crippen LogP contribution >= 0.6 is 35.0 Å². The first-order valence-electron chi connectivity index (χ1n) is 10.7. The van der Waals surface area contributed by atoms with Gasteiger partial charge in [-0.1, -0.05) is 35.0 Å². The van der Waals surface area contributed by atoms with Crippen LogP contribution in [0.3, 0.4) is 0 Å². The van der Waals surface area contributed by atoms with Crippen molar-refractivity contribution in [1.82, 2.24) is 9.97 Å². The van der Waals surface area contributed by atoms with Crippen LogP contribution in [0.1, 0.15) is 6.42 Å². The Labute approximate surface area is 218 Å². The van der Waals surface area contributed by atoms with E-state index >= 15 is 0 Å². The maximum Gasteiger partial charge on any atom is 0.225 e. The number of thioether (sulfide) groups is 1. The molecule has 0 fully saturated rings. The Kier molecular flexibility index (Phi) is 8.23. The second-order valence-electron chi connectivity index (χ2n) is 7.49. The molecule has 0 radical (unpaired) electrons. The lowest BCUT2D eigenvalue weighted by Gasteiger charge is -2.07. The number of rotatable bonds is 9. The summed E-state index contributed by atoms with van der Waals surface area (Å²) >= 11 is 13.6. The molecule has 1 amide bonds. The molecule has 0 spiro atoms. The number of aromatic amines is 1. The van der Waals surface area contributed by atoms with Crippen LogP contribution in [0.15, 0.2) is 71.9 Å². The summed E-state index contributed by atoms with van der Waals surface area (Å²) in [6, 6.07) is 20.5. The van der Waals surface area contributed by atoms with E-state index in [1.807, 2.05) is 48.5 Å². The zero-order valence-electron chi connectivity index (χ0n) is 19.1. The molecule has 0 atom stereocenters. The molecule has 4 aromatic rings. The number of hydrogen-bond acceptors (Lipinski definition) is 5. The molecule has 35 heavy (non-hydrogen) atoms. The minimum atomic E-state index is -0.154. The Balaban J connectivity index is 1.50. The zero-order valence-corrected chi connectivity index (χ0v) is 21.4. The second-order valence-corrected chi connectivity index (χ2v) is 9.42.